The molecule has 1 atom stereocenters. The number of amides is 1. The first-order valence-electron chi connectivity index (χ1n) is 11.5. The molecule has 1 aliphatic carbocycles. The van der Waals surface area contributed by atoms with E-state index < -0.39 is 10.0 Å². The number of anilines is 1. The summed E-state index contributed by atoms with van der Waals surface area (Å²) in [5.74, 6) is 0.140. The van der Waals surface area contributed by atoms with E-state index in [1.54, 1.807) is 18.2 Å². The fraction of sp³-hybridized carbons (Fsp3) is 0.296. The highest BCUT2D eigenvalue weighted by atomic mass is 79.9. The van der Waals surface area contributed by atoms with Crippen LogP contribution in [0.3, 0.4) is 0 Å². The molecule has 0 bridgehead atoms. The van der Waals surface area contributed by atoms with Gasteiger partial charge in [0.1, 0.15) is 12.3 Å². The number of rotatable bonds is 8. The Morgan fingerprint density at radius 1 is 1.06 bits per heavy atom. The minimum Gasteiger partial charge on any atom is -0.496 e. The highest BCUT2D eigenvalue weighted by Gasteiger charge is 2.28. The molecule has 0 radical (unpaired) electrons. The van der Waals surface area contributed by atoms with Gasteiger partial charge in [0.15, 0.2) is 0 Å². The van der Waals surface area contributed by atoms with Crippen molar-refractivity contribution in [3.8, 4) is 5.75 Å². The topological polar surface area (TPSA) is 75.7 Å². The van der Waals surface area contributed by atoms with E-state index in [0.717, 1.165) is 34.7 Å². The second-order valence-electron chi connectivity index (χ2n) is 8.81. The Bertz CT molecular complexity index is 1340. The van der Waals surface area contributed by atoms with Crippen LogP contribution in [0, 0.1) is 6.92 Å². The average Bonchev–Trinajstić information content (AvgIpc) is 3.31. The zero-order chi connectivity index (χ0) is 25.2. The van der Waals surface area contributed by atoms with Crippen LogP contribution < -0.4 is 14.4 Å². The predicted molar refractivity (Wildman–Crippen MR) is 141 cm³/mol. The van der Waals surface area contributed by atoms with Crippen LogP contribution in [0.1, 0.15) is 41.6 Å². The fourth-order valence-corrected chi connectivity index (χ4v) is 6.46. The Morgan fingerprint density at radius 3 is 2.46 bits per heavy atom. The van der Waals surface area contributed by atoms with Gasteiger partial charge in [0.2, 0.25) is 5.91 Å². The zero-order valence-corrected chi connectivity index (χ0v) is 22.4. The molecule has 0 aliphatic heterocycles. The normalized spacial score (nSPS) is 13.7. The minimum absolute atomic E-state index is 0.0604. The Morgan fingerprint density at radius 2 is 1.77 bits per heavy atom. The van der Waals surface area contributed by atoms with Gasteiger partial charge in [0.25, 0.3) is 10.0 Å². The number of sulfonamides is 1. The van der Waals surface area contributed by atoms with Gasteiger partial charge < -0.3 is 10.1 Å². The molecule has 0 saturated carbocycles. The number of hydrogen-bond donors (Lipinski definition) is 1. The van der Waals surface area contributed by atoms with Crippen LogP contribution in [0.15, 0.2) is 70.0 Å². The number of aryl methyl sites for hydroxylation is 3. The lowest BCUT2D eigenvalue weighted by molar-refractivity contribution is -0.120. The molecule has 0 spiro atoms. The van der Waals surface area contributed by atoms with Gasteiger partial charge in [0, 0.05) is 0 Å². The third-order valence-electron chi connectivity index (χ3n) is 6.32. The summed E-state index contributed by atoms with van der Waals surface area (Å²) in [4.78, 5) is 13.2. The van der Waals surface area contributed by atoms with Crippen molar-refractivity contribution in [2.24, 2.45) is 0 Å². The summed E-state index contributed by atoms with van der Waals surface area (Å²) < 4.78 is 34.2. The third-order valence-corrected chi connectivity index (χ3v) is 8.71. The first-order chi connectivity index (χ1) is 16.7. The summed E-state index contributed by atoms with van der Waals surface area (Å²) >= 11 is 3.36. The molecule has 1 N–H and O–H groups in total. The molecule has 184 valence electrons. The monoisotopic (exact) mass is 556 g/mol. The van der Waals surface area contributed by atoms with Gasteiger partial charge in [-0.05, 0) is 96.1 Å². The summed E-state index contributed by atoms with van der Waals surface area (Å²) in [6.07, 6.45) is 3.31. The van der Waals surface area contributed by atoms with Crippen molar-refractivity contribution in [3.63, 3.8) is 0 Å². The molecule has 3 aromatic rings. The van der Waals surface area contributed by atoms with E-state index in [-0.39, 0.29) is 23.4 Å². The number of carbonyl (C=O) groups excluding carboxylic acids is 1. The van der Waals surface area contributed by atoms with Crippen LogP contribution in [-0.2, 0) is 27.7 Å². The smallest absolute Gasteiger partial charge is 0.264 e. The number of nitrogens with one attached hydrogen (secondary N) is 1. The van der Waals surface area contributed by atoms with Gasteiger partial charge in [-0.25, -0.2) is 8.42 Å². The minimum atomic E-state index is -4.03. The van der Waals surface area contributed by atoms with E-state index in [1.165, 1.54) is 30.4 Å². The first-order valence-corrected chi connectivity index (χ1v) is 13.8. The second kappa shape index (κ2) is 10.4. The number of halogens is 1. The van der Waals surface area contributed by atoms with Crippen LogP contribution in [0.4, 0.5) is 5.69 Å². The number of carbonyl (C=O) groups is 1. The lowest BCUT2D eigenvalue weighted by atomic mass is 10.0. The molecule has 0 saturated heterocycles. The van der Waals surface area contributed by atoms with Crippen LogP contribution in [0.2, 0.25) is 0 Å². The molecule has 3 aromatic carbocycles. The molecule has 35 heavy (non-hydrogen) atoms. The Kier molecular flexibility index (Phi) is 7.52. The average molecular weight is 558 g/mol. The van der Waals surface area contributed by atoms with Gasteiger partial charge >= 0.3 is 0 Å². The standard InChI is InChI=1S/C27H29BrN2O4S/c1-18-7-11-23(12-8-18)30(35(32,33)24-13-14-26(34-3)25(28)16-24)17-27(31)29-19(2)21-10-9-20-5-4-6-22(20)15-21/h7-16,19H,4-6,17H2,1-3H3,(H,29,31)/t19-/m1/s1. The van der Waals surface area contributed by atoms with Crippen LogP contribution in [0.5, 0.6) is 5.75 Å². The van der Waals surface area contributed by atoms with Crippen LogP contribution in [0.25, 0.3) is 0 Å². The van der Waals surface area contributed by atoms with Gasteiger partial charge in [-0.1, -0.05) is 35.9 Å². The van der Waals surface area contributed by atoms with Crippen LogP contribution in [-0.4, -0.2) is 28.0 Å². The zero-order valence-electron chi connectivity index (χ0n) is 20.0. The lowest BCUT2D eigenvalue weighted by Gasteiger charge is -2.25. The molecule has 8 heteroatoms. The number of nitrogens with zero attached hydrogens (tertiary/aromatic N) is 1. The summed E-state index contributed by atoms with van der Waals surface area (Å²) in [5, 5.41) is 2.98. The van der Waals surface area contributed by atoms with E-state index in [4.69, 9.17) is 4.74 Å². The van der Waals surface area contributed by atoms with Crippen molar-refractivity contribution in [1.29, 1.82) is 0 Å². The number of benzene rings is 3. The van der Waals surface area contributed by atoms with Gasteiger partial charge in [-0.15, -0.1) is 0 Å². The molecular weight excluding hydrogens is 528 g/mol. The van der Waals surface area contributed by atoms with Gasteiger partial charge in [0.05, 0.1) is 28.2 Å². The summed E-state index contributed by atoms with van der Waals surface area (Å²) in [6.45, 7) is 3.50. The quantitative estimate of drug-likeness (QED) is 0.407. The molecule has 0 unspecified atom stereocenters. The number of methoxy groups -OCH3 is 1. The van der Waals surface area contributed by atoms with Crippen molar-refractivity contribution in [2.75, 3.05) is 18.0 Å². The molecule has 0 fully saturated rings. The molecule has 0 aromatic heterocycles. The third kappa shape index (κ3) is 5.54. The largest absolute Gasteiger partial charge is 0.496 e. The summed E-state index contributed by atoms with van der Waals surface area (Å²) in [5.41, 5.74) is 5.13. The highest BCUT2D eigenvalue weighted by Crippen LogP contribution is 2.31. The number of hydrogen-bond acceptors (Lipinski definition) is 4. The van der Waals surface area contributed by atoms with E-state index in [2.05, 4.69) is 33.4 Å². The molecule has 6 nitrogen and oxygen atoms in total. The molecule has 1 amide bonds. The van der Waals surface area contributed by atoms with Crippen molar-refractivity contribution in [3.05, 3.63) is 87.4 Å². The maximum Gasteiger partial charge on any atom is 0.264 e. The van der Waals surface area contributed by atoms with E-state index in [0.29, 0.717) is 15.9 Å². The molecule has 1 aliphatic rings. The first kappa shape index (κ1) is 25.3. The SMILES string of the molecule is COc1ccc(S(=O)(=O)N(CC(=O)N[C@H](C)c2ccc3c(c2)CCC3)c2ccc(C)cc2)cc1Br. The summed E-state index contributed by atoms with van der Waals surface area (Å²) in [6, 6.07) is 17.7. The van der Waals surface area contributed by atoms with E-state index in [9.17, 15) is 13.2 Å². The van der Waals surface area contributed by atoms with E-state index >= 15 is 0 Å². The van der Waals surface area contributed by atoms with Crippen molar-refractivity contribution in [1.82, 2.24) is 5.32 Å². The Balaban J connectivity index is 1.60. The molecular formula is C27H29BrN2O4S. The predicted octanol–water partition coefficient (Wildman–Crippen LogP) is 5.33. The second-order valence-corrected chi connectivity index (χ2v) is 11.5. The van der Waals surface area contributed by atoms with Gasteiger partial charge in [-0.2, -0.15) is 0 Å². The Hall–Kier alpha value is -2.84. The molecule has 0 heterocycles. The molecule has 4 rings (SSSR count). The fourth-order valence-electron chi connectivity index (χ4n) is 4.32. The number of fused-ring (bicyclic) bond motifs is 1. The van der Waals surface area contributed by atoms with Crippen molar-refractivity contribution in [2.45, 2.75) is 44.0 Å². The van der Waals surface area contributed by atoms with Crippen LogP contribution >= 0.6 is 15.9 Å². The van der Waals surface area contributed by atoms with Crippen molar-refractivity contribution < 1.29 is 17.9 Å². The Labute approximate surface area is 215 Å². The maximum absolute atomic E-state index is 13.7. The number of ether oxygens (including phenoxy) is 1. The maximum atomic E-state index is 13.7. The summed E-state index contributed by atoms with van der Waals surface area (Å²) in [7, 11) is -2.52. The van der Waals surface area contributed by atoms with Crippen molar-refractivity contribution >= 4 is 37.5 Å². The lowest BCUT2D eigenvalue weighted by Crippen LogP contribution is -2.41. The van der Waals surface area contributed by atoms with Gasteiger partial charge in [-0.3, -0.25) is 9.10 Å². The van der Waals surface area contributed by atoms with E-state index in [1.807, 2.05) is 32.0 Å². The highest BCUT2D eigenvalue weighted by molar-refractivity contribution is 9.10.